The maximum absolute atomic E-state index is 13.1. The lowest BCUT2D eigenvalue weighted by atomic mass is 9.64. The molecule has 3 N–H and O–H groups in total. The number of nitrogens with one attached hydrogen (secondary N) is 3. The molecule has 2 heterocycles. The van der Waals surface area contributed by atoms with Crippen molar-refractivity contribution >= 4 is 35.1 Å². The second kappa shape index (κ2) is 8.02. The minimum absolute atomic E-state index is 0.0803. The molecule has 1 saturated carbocycles. The molecule has 0 aromatic carbocycles. The zero-order valence-corrected chi connectivity index (χ0v) is 19.0. The predicted molar refractivity (Wildman–Crippen MR) is 114 cm³/mol. The lowest BCUT2D eigenvalue weighted by Crippen LogP contribution is -2.54. The molecule has 2 aliphatic rings. The average Bonchev–Trinajstić information content (AvgIpc) is 3.11. The van der Waals surface area contributed by atoms with Gasteiger partial charge in [-0.2, -0.15) is 0 Å². The zero-order chi connectivity index (χ0) is 22.3. The highest BCUT2D eigenvalue weighted by atomic mass is 32.1. The van der Waals surface area contributed by atoms with Crippen LogP contribution in [-0.2, 0) is 16.0 Å². The molecule has 1 aliphatic heterocycles. The van der Waals surface area contributed by atoms with Gasteiger partial charge < -0.3 is 5.32 Å². The van der Waals surface area contributed by atoms with Crippen LogP contribution in [0, 0.1) is 18.3 Å². The van der Waals surface area contributed by atoms with Gasteiger partial charge in [-0.3, -0.25) is 30.1 Å². The van der Waals surface area contributed by atoms with Crippen molar-refractivity contribution in [3.05, 3.63) is 21.4 Å². The molecule has 1 aromatic heterocycles. The Hall–Kier alpha value is -2.42. The first-order valence-electron chi connectivity index (χ1n) is 10.3. The van der Waals surface area contributed by atoms with Gasteiger partial charge >= 0.3 is 6.03 Å². The van der Waals surface area contributed by atoms with Crippen molar-refractivity contribution in [1.29, 1.82) is 0 Å². The fourth-order valence-electron chi connectivity index (χ4n) is 5.00. The standard InChI is InChI=1S/C21H30N4O4S/c1-6-14-13(3)7-15(30-14)17(27)24-23-16(26)10-25-18(28)21(22-19(25)29)9-12(2)8-20(4,5)11-21/h7,12H,6,8-11H2,1-5H3,(H,22,29)(H,23,26)(H,24,27)/t12-,21-/m0/s1. The van der Waals surface area contributed by atoms with Crippen LogP contribution in [0.3, 0.4) is 0 Å². The molecule has 3 rings (SSSR count). The fourth-order valence-corrected chi connectivity index (χ4v) is 6.01. The minimum atomic E-state index is -0.952. The number of aryl methyl sites for hydroxylation is 2. The molecule has 30 heavy (non-hydrogen) atoms. The number of hydrogen-bond acceptors (Lipinski definition) is 5. The number of amides is 5. The van der Waals surface area contributed by atoms with Gasteiger partial charge in [-0.15, -0.1) is 11.3 Å². The molecule has 2 atom stereocenters. The number of thiophene rings is 1. The number of imide groups is 1. The van der Waals surface area contributed by atoms with E-state index in [2.05, 4.69) is 36.9 Å². The van der Waals surface area contributed by atoms with E-state index in [1.807, 2.05) is 13.8 Å². The Kier molecular flexibility index (Phi) is 5.95. The molecule has 0 radical (unpaired) electrons. The van der Waals surface area contributed by atoms with E-state index in [1.165, 1.54) is 11.3 Å². The van der Waals surface area contributed by atoms with Gasteiger partial charge in [0, 0.05) is 4.88 Å². The van der Waals surface area contributed by atoms with Gasteiger partial charge in [0.25, 0.3) is 17.7 Å². The third-order valence-corrected chi connectivity index (χ3v) is 7.19. The Morgan fingerprint density at radius 2 is 1.97 bits per heavy atom. The summed E-state index contributed by atoms with van der Waals surface area (Å²) in [6.45, 7) is 9.76. The Bertz CT molecular complexity index is 894. The molecule has 1 spiro atoms. The van der Waals surface area contributed by atoms with Crippen molar-refractivity contribution < 1.29 is 19.2 Å². The van der Waals surface area contributed by atoms with Gasteiger partial charge in [-0.05, 0) is 55.6 Å². The molecule has 1 aliphatic carbocycles. The highest BCUT2D eigenvalue weighted by molar-refractivity contribution is 7.14. The van der Waals surface area contributed by atoms with Crippen molar-refractivity contribution in [2.24, 2.45) is 11.3 Å². The molecule has 5 amide bonds. The molecular weight excluding hydrogens is 404 g/mol. The summed E-state index contributed by atoms with van der Waals surface area (Å²) in [5.41, 5.74) is 4.67. The second-order valence-electron chi connectivity index (χ2n) is 9.33. The van der Waals surface area contributed by atoms with Crippen molar-refractivity contribution in [2.45, 2.75) is 65.8 Å². The quantitative estimate of drug-likeness (QED) is 0.500. The predicted octanol–water partition coefficient (Wildman–Crippen LogP) is 2.52. The monoisotopic (exact) mass is 434 g/mol. The van der Waals surface area contributed by atoms with E-state index in [1.54, 1.807) is 6.07 Å². The Morgan fingerprint density at radius 1 is 1.27 bits per heavy atom. The SMILES string of the molecule is CCc1sc(C(=O)NNC(=O)CN2C(=O)N[C@]3(C[C@@H](C)CC(C)(C)C3)C2=O)cc1C. The van der Waals surface area contributed by atoms with Gasteiger partial charge in [-0.25, -0.2) is 4.79 Å². The van der Waals surface area contributed by atoms with Crippen molar-refractivity contribution in [1.82, 2.24) is 21.1 Å². The average molecular weight is 435 g/mol. The number of nitrogens with zero attached hydrogens (tertiary/aromatic N) is 1. The number of rotatable bonds is 4. The first-order chi connectivity index (χ1) is 14.0. The second-order valence-corrected chi connectivity index (χ2v) is 10.5. The molecule has 2 fully saturated rings. The molecule has 0 unspecified atom stereocenters. The largest absolute Gasteiger partial charge is 0.325 e. The van der Waals surface area contributed by atoms with Gasteiger partial charge in [0.2, 0.25) is 0 Å². The Labute approximate surface area is 180 Å². The summed E-state index contributed by atoms with van der Waals surface area (Å²) in [4.78, 5) is 52.7. The third kappa shape index (κ3) is 4.35. The van der Waals surface area contributed by atoms with Crippen molar-refractivity contribution in [2.75, 3.05) is 6.54 Å². The Balaban J connectivity index is 1.60. The van der Waals surface area contributed by atoms with Crippen LogP contribution in [-0.4, -0.2) is 40.7 Å². The lowest BCUT2D eigenvalue weighted by molar-refractivity contribution is -0.137. The first-order valence-corrected chi connectivity index (χ1v) is 11.1. The Morgan fingerprint density at radius 3 is 2.57 bits per heavy atom. The molecule has 0 bridgehead atoms. The summed E-state index contributed by atoms with van der Waals surface area (Å²) in [5, 5.41) is 2.84. The lowest BCUT2D eigenvalue weighted by Gasteiger charge is -2.43. The van der Waals surface area contributed by atoms with E-state index >= 15 is 0 Å². The van der Waals surface area contributed by atoms with E-state index in [0.717, 1.165) is 28.2 Å². The van der Waals surface area contributed by atoms with Crippen LogP contribution < -0.4 is 16.2 Å². The normalized spacial score (nSPS) is 25.4. The number of carbonyl (C=O) groups excluding carboxylic acids is 4. The van der Waals surface area contributed by atoms with Crippen LogP contribution in [0.5, 0.6) is 0 Å². The van der Waals surface area contributed by atoms with Gasteiger partial charge in [-0.1, -0.05) is 27.7 Å². The van der Waals surface area contributed by atoms with E-state index in [9.17, 15) is 19.2 Å². The molecular formula is C21H30N4O4S. The summed E-state index contributed by atoms with van der Waals surface area (Å²) in [6.07, 6.45) is 2.92. The molecule has 1 aromatic rings. The molecule has 164 valence electrons. The highest BCUT2D eigenvalue weighted by Crippen LogP contribution is 2.46. The highest BCUT2D eigenvalue weighted by Gasteiger charge is 2.56. The van der Waals surface area contributed by atoms with E-state index in [4.69, 9.17) is 0 Å². The first kappa shape index (κ1) is 22.3. The van der Waals surface area contributed by atoms with Gasteiger partial charge in [0.1, 0.15) is 12.1 Å². The smallest absolute Gasteiger partial charge is 0.323 e. The fraction of sp³-hybridized carbons (Fsp3) is 0.619. The molecule has 9 heteroatoms. The molecule has 8 nitrogen and oxygen atoms in total. The maximum atomic E-state index is 13.1. The van der Waals surface area contributed by atoms with Crippen molar-refractivity contribution in [3.63, 3.8) is 0 Å². The van der Waals surface area contributed by atoms with Crippen LogP contribution in [0.1, 0.15) is 67.1 Å². The van der Waals surface area contributed by atoms with E-state index in [0.29, 0.717) is 17.7 Å². The summed E-state index contributed by atoms with van der Waals surface area (Å²) in [6, 6.07) is 1.21. The van der Waals surface area contributed by atoms with Crippen LogP contribution in [0.15, 0.2) is 6.07 Å². The number of urea groups is 1. The van der Waals surface area contributed by atoms with Gasteiger partial charge in [0.05, 0.1) is 4.88 Å². The maximum Gasteiger partial charge on any atom is 0.325 e. The number of hydrogen-bond donors (Lipinski definition) is 3. The number of hydrazine groups is 1. The third-order valence-electron chi connectivity index (χ3n) is 5.81. The minimum Gasteiger partial charge on any atom is -0.323 e. The molecule has 1 saturated heterocycles. The van der Waals surface area contributed by atoms with Crippen molar-refractivity contribution in [3.8, 4) is 0 Å². The summed E-state index contributed by atoms with van der Waals surface area (Å²) < 4.78 is 0. The van der Waals surface area contributed by atoms with E-state index in [-0.39, 0.29) is 17.2 Å². The number of carbonyl (C=O) groups is 4. The van der Waals surface area contributed by atoms with Gasteiger partial charge in [0.15, 0.2) is 0 Å². The summed E-state index contributed by atoms with van der Waals surface area (Å²) >= 11 is 1.38. The van der Waals surface area contributed by atoms with Crippen LogP contribution >= 0.6 is 11.3 Å². The zero-order valence-electron chi connectivity index (χ0n) is 18.2. The van der Waals surface area contributed by atoms with Crippen LogP contribution in [0.2, 0.25) is 0 Å². The topological polar surface area (TPSA) is 108 Å². The summed E-state index contributed by atoms with van der Waals surface area (Å²) in [5.74, 6) is -1.13. The summed E-state index contributed by atoms with van der Waals surface area (Å²) in [7, 11) is 0. The van der Waals surface area contributed by atoms with Crippen LogP contribution in [0.25, 0.3) is 0 Å². The van der Waals surface area contributed by atoms with Crippen LogP contribution in [0.4, 0.5) is 4.79 Å². The van der Waals surface area contributed by atoms with E-state index < -0.39 is 29.9 Å².